The van der Waals surface area contributed by atoms with Gasteiger partial charge in [0.25, 0.3) is 0 Å². The third-order valence-corrected chi connectivity index (χ3v) is 5.95. The maximum absolute atomic E-state index is 11.8. The summed E-state index contributed by atoms with van der Waals surface area (Å²) < 4.78 is 11.4. The van der Waals surface area contributed by atoms with Gasteiger partial charge in [0.05, 0.1) is 6.04 Å². The minimum absolute atomic E-state index is 0.0878. The molecule has 20 heavy (non-hydrogen) atoms. The molecule has 1 atom stereocenters. The molecule has 0 amide bonds. The maximum Gasteiger partial charge on any atom is 0.147 e. The summed E-state index contributed by atoms with van der Waals surface area (Å²) >= 11 is 0. The second-order valence-electron chi connectivity index (χ2n) is 6.45. The first-order valence-corrected chi connectivity index (χ1v) is 9.31. The average molecular weight is 300 g/mol. The molecule has 0 aromatic carbocycles. The second kappa shape index (κ2) is 7.14. The number of rotatable bonds is 4. The minimum Gasteiger partial charge on any atom is -0.298 e. The zero-order chi connectivity index (χ0) is 14.7. The first-order valence-electron chi connectivity index (χ1n) is 7.82. The van der Waals surface area contributed by atoms with Gasteiger partial charge in [-0.05, 0) is 25.7 Å². The Labute approximate surface area is 125 Å². The van der Waals surface area contributed by atoms with Gasteiger partial charge >= 0.3 is 0 Å². The van der Waals surface area contributed by atoms with Gasteiger partial charge in [-0.1, -0.05) is 13.8 Å². The molecule has 2 fully saturated rings. The Morgan fingerprint density at radius 2 is 1.65 bits per heavy atom. The Morgan fingerprint density at radius 1 is 1.10 bits per heavy atom. The van der Waals surface area contributed by atoms with Gasteiger partial charge in [-0.2, -0.15) is 0 Å². The lowest BCUT2D eigenvalue weighted by Gasteiger charge is -2.42. The highest BCUT2D eigenvalue weighted by Crippen LogP contribution is 2.22. The molecule has 2 aliphatic heterocycles. The normalized spacial score (nSPS) is 26.0. The van der Waals surface area contributed by atoms with Crippen LogP contribution in [-0.4, -0.2) is 69.6 Å². The summed E-state index contributed by atoms with van der Waals surface area (Å²) in [5.41, 5.74) is 0. The number of carbonyl (C=O) groups excluding carboxylic acids is 1. The lowest BCUT2D eigenvalue weighted by molar-refractivity contribution is -0.124. The molecule has 0 bridgehead atoms. The van der Waals surface area contributed by atoms with Crippen molar-refractivity contribution >= 4 is 16.6 Å². The molecular weight excluding hydrogens is 272 g/mol. The number of carbonyl (C=O) groups is 1. The molecule has 4 nitrogen and oxygen atoms in total. The van der Waals surface area contributed by atoms with Gasteiger partial charge in [0, 0.05) is 54.5 Å². The van der Waals surface area contributed by atoms with E-state index >= 15 is 0 Å². The van der Waals surface area contributed by atoms with Gasteiger partial charge in [0.1, 0.15) is 5.78 Å². The van der Waals surface area contributed by atoms with Crippen LogP contribution < -0.4 is 0 Å². The van der Waals surface area contributed by atoms with Crippen LogP contribution in [-0.2, 0) is 15.6 Å². The Balaban J connectivity index is 1.85. The van der Waals surface area contributed by atoms with Crippen LogP contribution in [0.2, 0.25) is 0 Å². The minimum atomic E-state index is -0.589. The van der Waals surface area contributed by atoms with Crippen LogP contribution in [0.5, 0.6) is 0 Å². The van der Waals surface area contributed by atoms with Gasteiger partial charge in [-0.15, -0.1) is 0 Å². The fourth-order valence-electron chi connectivity index (χ4n) is 3.69. The largest absolute Gasteiger partial charge is 0.298 e. The van der Waals surface area contributed by atoms with Crippen LogP contribution in [0, 0.1) is 5.92 Å². The number of hydrogen-bond donors (Lipinski definition) is 0. The molecule has 0 radical (unpaired) electrons. The van der Waals surface area contributed by atoms with E-state index in [0.29, 0.717) is 17.7 Å². The van der Waals surface area contributed by atoms with Gasteiger partial charge < -0.3 is 0 Å². The highest BCUT2D eigenvalue weighted by Gasteiger charge is 2.32. The van der Waals surface area contributed by atoms with E-state index in [9.17, 15) is 9.00 Å². The molecule has 2 saturated heterocycles. The van der Waals surface area contributed by atoms with Crippen molar-refractivity contribution in [1.29, 1.82) is 0 Å². The van der Waals surface area contributed by atoms with E-state index in [1.165, 1.54) is 0 Å². The molecule has 1 unspecified atom stereocenters. The molecule has 2 rings (SSSR count). The van der Waals surface area contributed by atoms with Crippen molar-refractivity contribution in [3.63, 3.8) is 0 Å². The molecule has 0 N–H and O–H groups in total. The zero-order valence-electron chi connectivity index (χ0n) is 13.0. The quantitative estimate of drug-likeness (QED) is 0.780. The number of hydrogen-bond acceptors (Lipinski definition) is 4. The van der Waals surface area contributed by atoms with E-state index in [1.54, 1.807) is 6.92 Å². The van der Waals surface area contributed by atoms with Crippen molar-refractivity contribution in [3.05, 3.63) is 0 Å². The van der Waals surface area contributed by atoms with E-state index in [4.69, 9.17) is 0 Å². The van der Waals surface area contributed by atoms with Crippen LogP contribution >= 0.6 is 0 Å². The van der Waals surface area contributed by atoms with Crippen LogP contribution in [0.25, 0.3) is 0 Å². The average Bonchev–Trinajstić information content (AvgIpc) is 2.40. The molecule has 0 spiro atoms. The summed E-state index contributed by atoms with van der Waals surface area (Å²) in [4.78, 5) is 16.7. The van der Waals surface area contributed by atoms with Crippen LogP contribution in [0.4, 0.5) is 0 Å². The summed E-state index contributed by atoms with van der Waals surface area (Å²) in [6.07, 6.45) is 2.28. The van der Waals surface area contributed by atoms with Crippen molar-refractivity contribution in [2.45, 2.75) is 45.7 Å². The van der Waals surface area contributed by atoms with Crippen molar-refractivity contribution < 1.29 is 9.00 Å². The van der Waals surface area contributed by atoms with Gasteiger partial charge in [0.2, 0.25) is 0 Å². The van der Waals surface area contributed by atoms with Gasteiger partial charge in [-0.25, -0.2) is 0 Å². The predicted molar refractivity (Wildman–Crippen MR) is 83.4 cm³/mol. The molecule has 2 heterocycles. The topological polar surface area (TPSA) is 40.6 Å². The standard InChI is InChI=1S/C15H28N2O2S/c1-12(2)15(13(3)18)17-6-4-14(5-7-17)16-8-10-20(19)11-9-16/h12,14-15H,4-11H2,1-3H3. The molecule has 5 heteroatoms. The Bertz CT molecular complexity index is 355. The van der Waals surface area contributed by atoms with Crippen molar-refractivity contribution in [3.8, 4) is 0 Å². The van der Waals surface area contributed by atoms with Crippen molar-refractivity contribution in [2.24, 2.45) is 5.92 Å². The van der Waals surface area contributed by atoms with E-state index in [1.807, 2.05) is 0 Å². The van der Waals surface area contributed by atoms with E-state index in [2.05, 4.69) is 23.6 Å². The molecule has 0 saturated carbocycles. The Kier molecular flexibility index (Phi) is 5.75. The van der Waals surface area contributed by atoms with Crippen LogP contribution in [0.1, 0.15) is 33.6 Å². The number of piperidine rings is 1. The summed E-state index contributed by atoms with van der Waals surface area (Å²) in [5, 5.41) is 0. The molecular formula is C15H28N2O2S. The number of nitrogens with zero attached hydrogens (tertiary/aromatic N) is 2. The first kappa shape index (κ1) is 16.1. The predicted octanol–water partition coefficient (Wildman–Crippen LogP) is 1.13. The summed E-state index contributed by atoms with van der Waals surface area (Å²) in [6.45, 7) is 10.0. The highest BCUT2D eigenvalue weighted by molar-refractivity contribution is 7.85. The fraction of sp³-hybridized carbons (Fsp3) is 0.933. The fourth-order valence-corrected chi connectivity index (χ4v) is 4.77. The second-order valence-corrected chi connectivity index (χ2v) is 8.15. The summed E-state index contributed by atoms with van der Waals surface area (Å²) in [6, 6.07) is 0.716. The lowest BCUT2D eigenvalue weighted by Crippen LogP contribution is -2.53. The monoisotopic (exact) mass is 300 g/mol. The number of Topliss-reactive ketones (excluding diaryl/α,β-unsaturated/α-hetero) is 1. The zero-order valence-corrected chi connectivity index (χ0v) is 13.8. The van der Waals surface area contributed by atoms with Crippen LogP contribution in [0.15, 0.2) is 0 Å². The molecule has 0 aromatic heterocycles. The number of likely N-dealkylation sites (tertiary alicyclic amines) is 1. The van der Waals surface area contributed by atoms with E-state index in [-0.39, 0.29) is 6.04 Å². The molecule has 2 aliphatic rings. The van der Waals surface area contributed by atoms with Crippen molar-refractivity contribution in [1.82, 2.24) is 9.80 Å². The third kappa shape index (κ3) is 3.89. The molecule has 0 aliphatic carbocycles. The van der Waals surface area contributed by atoms with Crippen molar-refractivity contribution in [2.75, 3.05) is 37.7 Å². The summed E-state index contributed by atoms with van der Waals surface area (Å²) in [5.74, 6) is 2.36. The molecule has 116 valence electrons. The third-order valence-electron chi connectivity index (χ3n) is 4.67. The smallest absolute Gasteiger partial charge is 0.147 e. The van der Waals surface area contributed by atoms with E-state index in [0.717, 1.165) is 50.5 Å². The Morgan fingerprint density at radius 3 is 2.10 bits per heavy atom. The Hall–Kier alpha value is -0.260. The van der Waals surface area contributed by atoms with E-state index < -0.39 is 10.8 Å². The lowest BCUT2D eigenvalue weighted by atomic mass is 9.94. The molecule has 0 aromatic rings. The SMILES string of the molecule is CC(=O)C(C(C)C)N1CCC(N2CCS(=O)CC2)CC1. The van der Waals surface area contributed by atoms with Crippen LogP contribution in [0.3, 0.4) is 0 Å². The van der Waals surface area contributed by atoms with Gasteiger partial charge in [-0.3, -0.25) is 18.8 Å². The number of ketones is 1. The first-order chi connectivity index (χ1) is 9.49. The van der Waals surface area contributed by atoms with Gasteiger partial charge in [0.15, 0.2) is 0 Å². The summed E-state index contributed by atoms with van der Waals surface area (Å²) in [7, 11) is -0.589. The highest BCUT2D eigenvalue weighted by atomic mass is 32.2. The maximum atomic E-state index is 11.8.